The smallest absolute Gasteiger partial charge is 0.0939 e. The van der Waals surface area contributed by atoms with Gasteiger partial charge in [-0.15, -0.1) is 0 Å². The topological polar surface area (TPSA) is 56.5 Å². The van der Waals surface area contributed by atoms with Gasteiger partial charge in [-0.05, 0) is 37.7 Å². The van der Waals surface area contributed by atoms with Crippen LogP contribution in [0.2, 0.25) is 0 Å². The monoisotopic (exact) mass is 290 g/mol. The average molecular weight is 290 g/mol. The first-order chi connectivity index (χ1) is 10.2. The van der Waals surface area contributed by atoms with E-state index in [2.05, 4.69) is 36.6 Å². The predicted octanol–water partition coefficient (Wildman–Crippen LogP) is 1.96. The summed E-state index contributed by atoms with van der Waals surface area (Å²) in [7, 11) is 0. The summed E-state index contributed by atoms with van der Waals surface area (Å²) in [6.45, 7) is 4.50. The maximum atomic E-state index is 6.02. The Morgan fingerprint density at radius 3 is 2.81 bits per heavy atom. The quantitative estimate of drug-likeness (QED) is 0.657. The number of ether oxygens (including phenoxy) is 2. The minimum Gasteiger partial charge on any atom is -0.378 e. The number of hydrogen-bond acceptors (Lipinski definition) is 4. The van der Waals surface area contributed by atoms with Crippen LogP contribution in [0, 0.1) is 12.8 Å². The first-order valence-electron chi connectivity index (χ1n) is 7.94. The van der Waals surface area contributed by atoms with Gasteiger partial charge in [-0.1, -0.05) is 29.8 Å². The molecular formula is C17H26N2O2. The summed E-state index contributed by atoms with van der Waals surface area (Å²) in [6, 6.07) is 9.04. The van der Waals surface area contributed by atoms with Gasteiger partial charge in [0.15, 0.2) is 0 Å². The third kappa shape index (κ3) is 3.46. The first kappa shape index (κ1) is 15.0. The van der Waals surface area contributed by atoms with Crippen molar-refractivity contribution in [1.82, 2.24) is 5.43 Å². The Labute approximate surface area is 127 Å². The summed E-state index contributed by atoms with van der Waals surface area (Å²) in [5.74, 6) is 6.39. The van der Waals surface area contributed by atoms with Gasteiger partial charge < -0.3 is 9.47 Å². The molecule has 0 amide bonds. The fourth-order valence-corrected chi connectivity index (χ4v) is 3.61. The molecule has 4 nitrogen and oxygen atoms in total. The third-order valence-corrected chi connectivity index (χ3v) is 4.96. The van der Waals surface area contributed by atoms with Crippen LogP contribution < -0.4 is 11.3 Å². The van der Waals surface area contributed by atoms with Gasteiger partial charge in [-0.3, -0.25) is 11.3 Å². The van der Waals surface area contributed by atoms with Gasteiger partial charge in [0.25, 0.3) is 0 Å². The van der Waals surface area contributed by atoms with Crippen molar-refractivity contribution in [3.05, 3.63) is 35.4 Å². The maximum absolute atomic E-state index is 6.02. The Morgan fingerprint density at radius 1 is 1.33 bits per heavy atom. The normalized spacial score (nSPS) is 30.7. The van der Waals surface area contributed by atoms with Crippen LogP contribution in [0.1, 0.15) is 30.4 Å². The zero-order chi connectivity index (χ0) is 14.7. The number of nitrogens with one attached hydrogen (secondary N) is 1. The van der Waals surface area contributed by atoms with E-state index in [1.54, 1.807) is 0 Å². The molecular weight excluding hydrogens is 264 g/mol. The summed E-state index contributed by atoms with van der Waals surface area (Å²) in [6.07, 6.45) is 4.11. The Morgan fingerprint density at radius 2 is 2.14 bits per heavy atom. The van der Waals surface area contributed by atoms with Crippen molar-refractivity contribution in [3.63, 3.8) is 0 Å². The lowest BCUT2D eigenvalue weighted by Gasteiger charge is -2.40. The zero-order valence-electron chi connectivity index (χ0n) is 12.8. The predicted molar refractivity (Wildman–Crippen MR) is 82.8 cm³/mol. The van der Waals surface area contributed by atoms with Crippen LogP contribution >= 0.6 is 0 Å². The molecule has 1 aromatic rings. The molecule has 2 fully saturated rings. The van der Waals surface area contributed by atoms with Gasteiger partial charge in [0, 0.05) is 25.7 Å². The third-order valence-electron chi connectivity index (χ3n) is 4.96. The van der Waals surface area contributed by atoms with Crippen molar-refractivity contribution >= 4 is 0 Å². The fourth-order valence-electron chi connectivity index (χ4n) is 3.61. The van der Waals surface area contributed by atoms with E-state index in [1.807, 2.05) is 0 Å². The summed E-state index contributed by atoms with van der Waals surface area (Å²) >= 11 is 0. The molecule has 21 heavy (non-hydrogen) atoms. The molecule has 3 N–H and O–H groups in total. The van der Waals surface area contributed by atoms with Crippen LogP contribution in [0.15, 0.2) is 24.3 Å². The van der Waals surface area contributed by atoms with Crippen LogP contribution in [0.4, 0.5) is 0 Å². The van der Waals surface area contributed by atoms with E-state index >= 15 is 0 Å². The number of nitrogens with two attached hydrogens (primary N) is 1. The molecule has 3 unspecified atom stereocenters. The highest BCUT2D eigenvalue weighted by Crippen LogP contribution is 2.37. The molecule has 2 saturated heterocycles. The van der Waals surface area contributed by atoms with Gasteiger partial charge in [-0.25, -0.2) is 0 Å². The molecule has 2 aliphatic rings. The molecule has 0 aliphatic carbocycles. The van der Waals surface area contributed by atoms with E-state index < -0.39 is 0 Å². The minimum atomic E-state index is -0.0503. The molecule has 0 saturated carbocycles. The van der Waals surface area contributed by atoms with Gasteiger partial charge in [0.2, 0.25) is 0 Å². The lowest BCUT2D eigenvalue weighted by atomic mass is 9.79. The average Bonchev–Trinajstić information content (AvgIpc) is 2.94. The first-order valence-corrected chi connectivity index (χ1v) is 7.94. The van der Waals surface area contributed by atoms with Crippen LogP contribution in [0.5, 0.6) is 0 Å². The van der Waals surface area contributed by atoms with Crippen molar-refractivity contribution < 1.29 is 9.47 Å². The second-order valence-electron chi connectivity index (χ2n) is 6.55. The molecule has 0 aromatic heterocycles. The van der Waals surface area contributed by atoms with Gasteiger partial charge in [0.05, 0.1) is 12.2 Å². The zero-order valence-corrected chi connectivity index (χ0v) is 12.8. The lowest BCUT2D eigenvalue weighted by molar-refractivity contribution is -0.103. The molecule has 0 radical (unpaired) electrons. The van der Waals surface area contributed by atoms with Crippen LogP contribution in [0.3, 0.4) is 0 Å². The molecule has 2 heterocycles. The lowest BCUT2D eigenvalue weighted by Crippen LogP contribution is -2.50. The van der Waals surface area contributed by atoms with E-state index in [9.17, 15) is 0 Å². The van der Waals surface area contributed by atoms with E-state index in [1.165, 1.54) is 11.1 Å². The highest BCUT2D eigenvalue weighted by molar-refractivity contribution is 5.22. The maximum Gasteiger partial charge on any atom is 0.0939 e. The number of hydrogen-bond donors (Lipinski definition) is 2. The molecule has 1 aromatic carbocycles. The van der Waals surface area contributed by atoms with E-state index in [0.717, 1.165) is 45.5 Å². The molecule has 4 heteroatoms. The summed E-state index contributed by atoms with van der Waals surface area (Å²) in [5, 5.41) is 0. The Balaban J connectivity index is 1.66. The standard InChI is InChI=1S/C17H26N2O2/c1-13-2-4-14(5-3-13)10-16(19-18)15-6-8-21-17(11-15)7-9-20-12-17/h2-5,15-16,19H,6-12,18H2,1H3. The highest BCUT2D eigenvalue weighted by atomic mass is 16.6. The molecule has 1 spiro atoms. The molecule has 3 atom stereocenters. The number of rotatable bonds is 4. The van der Waals surface area contributed by atoms with E-state index in [4.69, 9.17) is 15.3 Å². The van der Waals surface area contributed by atoms with Crippen molar-refractivity contribution in [1.29, 1.82) is 0 Å². The SMILES string of the molecule is Cc1ccc(CC(NN)C2CCOC3(CCOC3)C2)cc1. The minimum absolute atomic E-state index is 0.0503. The Kier molecular flexibility index (Phi) is 4.60. The van der Waals surface area contributed by atoms with Crippen LogP contribution in [-0.2, 0) is 15.9 Å². The number of aryl methyl sites for hydroxylation is 1. The van der Waals surface area contributed by atoms with Crippen LogP contribution in [-0.4, -0.2) is 31.5 Å². The van der Waals surface area contributed by atoms with Crippen molar-refractivity contribution in [3.8, 4) is 0 Å². The second-order valence-corrected chi connectivity index (χ2v) is 6.55. The van der Waals surface area contributed by atoms with E-state index in [-0.39, 0.29) is 5.60 Å². The van der Waals surface area contributed by atoms with Crippen molar-refractivity contribution in [2.75, 3.05) is 19.8 Å². The Hall–Kier alpha value is -0.940. The number of hydrazine groups is 1. The second kappa shape index (κ2) is 6.44. The van der Waals surface area contributed by atoms with E-state index in [0.29, 0.717) is 12.0 Å². The van der Waals surface area contributed by atoms with Gasteiger partial charge in [0.1, 0.15) is 0 Å². The molecule has 3 rings (SSSR count). The van der Waals surface area contributed by atoms with Crippen molar-refractivity contribution in [2.45, 2.75) is 44.2 Å². The van der Waals surface area contributed by atoms with Gasteiger partial charge in [-0.2, -0.15) is 0 Å². The summed E-state index contributed by atoms with van der Waals surface area (Å²) in [5.41, 5.74) is 5.63. The summed E-state index contributed by atoms with van der Waals surface area (Å²) in [4.78, 5) is 0. The fraction of sp³-hybridized carbons (Fsp3) is 0.647. The Bertz CT molecular complexity index is 454. The number of benzene rings is 1. The largest absolute Gasteiger partial charge is 0.378 e. The molecule has 2 aliphatic heterocycles. The summed E-state index contributed by atoms with van der Waals surface area (Å²) < 4.78 is 11.6. The highest BCUT2D eigenvalue weighted by Gasteiger charge is 2.42. The van der Waals surface area contributed by atoms with Crippen molar-refractivity contribution in [2.24, 2.45) is 11.8 Å². The molecule has 0 bridgehead atoms. The molecule has 116 valence electrons. The van der Waals surface area contributed by atoms with Gasteiger partial charge >= 0.3 is 0 Å². The van der Waals surface area contributed by atoms with Crippen LogP contribution in [0.25, 0.3) is 0 Å².